The van der Waals surface area contributed by atoms with Gasteiger partial charge in [-0.15, -0.1) is 0 Å². The Kier molecular flexibility index (Phi) is 6.18. The molecule has 0 bridgehead atoms. The fourth-order valence-corrected chi connectivity index (χ4v) is 2.51. The molecule has 4 nitrogen and oxygen atoms in total. The van der Waals surface area contributed by atoms with Crippen LogP contribution in [-0.4, -0.2) is 29.4 Å². The summed E-state index contributed by atoms with van der Waals surface area (Å²) in [6.07, 6.45) is 3.78. The van der Waals surface area contributed by atoms with Gasteiger partial charge in [0.25, 0.3) is 5.91 Å². The minimum Gasteiger partial charge on any atom is -0.354 e. The number of carbonyl (C=O) groups excluding carboxylic acids is 1. The van der Waals surface area contributed by atoms with E-state index < -0.39 is 0 Å². The molecule has 4 heteroatoms. The molecule has 0 fully saturated rings. The van der Waals surface area contributed by atoms with Crippen molar-refractivity contribution in [3.8, 4) is 0 Å². The Balaban J connectivity index is 2.01. The van der Waals surface area contributed by atoms with Crippen LogP contribution in [0.5, 0.6) is 0 Å². The van der Waals surface area contributed by atoms with Gasteiger partial charge in [-0.05, 0) is 41.7 Å². The minimum atomic E-state index is -0.0328. The Labute approximate surface area is 151 Å². The summed E-state index contributed by atoms with van der Waals surface area (Å²) in [6.45, 7) is 9.48. The van der Waals surface area contributed by atoms with Crippen LogP contribution in [0.4, 0.5) is 11.4 Å². The molecule has 1 heterocycles. The SMILES string of the molecule is CCCCN(C)C(=O)c1ccc(Nc2ccc(C(C)(C)C)cc2)cn1. The molecule has 2 rings (SSSR count). The van der Waals surface area contributed by atoms with Crippen molar-refractivity contribution >= 4 is 17.3 Å². The van der Waals surface area contributed by atoms with E-state index in [0.29, 0.717) is 5.69 Å². The molecule has 0 aliphatic rings. The van der Waals surface area contributed by atoms with Gasteiger partial charge in [0.1, 0.15) is 5.69 Å². The van der Waals surface area contributed by atoms with E-state index in [1.807, 2.05) is 13.1 Å². The highest BCUT2D eigenvalue weighted by molar-refractivity contribution is 5.92. The van der Waals surface area contributed by atoms with E-state index in [0.717, 1.165) is 30.8 Å². The van der Waals surface area contributed by atoms with Crippen LogP contribution in [0.1, 0.15) is 56.6 Å². The summed E-state index contributed by atoms with van der Waals surface area (Å²) in [5.41, 5.74) is 3.80. The molecule has 1 aromatic carbocycles. The van der Waals surface area contributed by atoms with Gasteiger partial charge in [-0.1, -0.05) is 46.2 Å². The Bertz CT molecular complexity index is 685. The molecule has 134 valence electrons. The predicted octanol–water partition coefficient (Wildman–Crippen LogP) is 4.99. The van der Waals surface area contributed by atoms with Crippen molar-refractivity contribution in [1.82, 2.24) is 9.88 Å². The zero-order valence-corrected chi connectivity index (χ0v) is 16.0. The number of amides is 1. The average molecular weight is 339 g/mol. The smallest absolute Gasteiger partial charge is 0.272 e. The van der Waals surface area contributed by atoms with Crippen molar-refractivity contribution in [2.24, 2.45) is 0 Å². The van der Waals surface area contributed by atoms with E-state index >= 15 is 0 Å². The molecule has 1 N–H and O–H groups in total. The summed E-state index contributed by atoms with van der Waals surface area (Å²) in [5, 5.41) is 3.32. The molecule has 0 saturated heterocycles. The molecule has 0 aliphatic heterocycles. The van der Waals surface area contributed by atoms with E-state index in [4.69, 9.17) is 0 Å². The Morgan fingerprint density at radius 2 is 1.72 bits per heavy atom. The third-order valence-electron chi connectivity index (χ3n) is 4.22. The van der Waals surface area contributed by atoms with E-state index in [1.54, 1.807) is 17.2 Å². The number of hydrogen-bond donors (Lipinski definition) is 1. The number of pyridine rings is 1. The third kappa shape index (κ3) is 5.31. The van der Waals surface area contributed by atoms with Gasteiger partial charge >= 0.3 is 0 Å². The van der Waals surface area contributed by atoms with Crippen molar-refractivity contribution in [3.05, 3.63) is 53.9 Å². The van der Waals surface area contributed by atoms with Gasteiger partial charge in [0.15, 0.2) is 0 Å². The van der Waals surface area contributed by atoms with Crippen molar-refractivity contribution in [2.75, 3.05) is 18.9 Å². The van der Waals surface area contributed by atoms with Crippen LogP contribution >= 0.6 is 0 Å². The molecule has 0 aliphatic carbocycles. The molecule has 2 aromatic rings. The minimum absolute atomic E-state index is 0.0328. The summed E-state index contributed by atoms with van der Waals surface area (Å²) >= 11 is 0. The second-order valence-electron chi connectivity index (χ2n) is 7.46. The number of aromatic nitrogens is 1. The molecule has 25 heavy (non-hydrogen) atoms. The topological polar surface area (TPSA) is 45.2 Å². The van der Waals surface area contributed by atoms with Crippen molar-refractivity contribution in [2.45, 2.75) is 46.0 Å². The lowest BCUT2D eigenvalue weighted by atomic mass is 9.87. The van der Waals surface area contributed by atoms with Gasteiger partial charge in [0.05, 0.1) is 11.9 Å². The van der Waals surface area contributed by atoms with Crippen LogP contribution in [0.15, 0.2) is 42.6 Å². The largest absolute Gasteiger partial charge is 0.354 e. The van der Waals surface area contributed by atoms with Crippen molar-refractivity contribution in [1.29, 1.82) is 0 Å². The van der Waals surface area contributed by atoms with Gasteiger partial charge in [-0.2, -0.15) is 0 Å². The summed E-state index contributed by atoms with van der Waals surface area (Å²) in [4.78, 5) is 18.3. The molecular formula is C21H29N3O. The zero-order chi connectivity index (χ0) is 18.4. The molecule has 0 spiro atoms. The number of rotatable bonds is 6. The van der Waals surface area contributed by atoms with Crippen molar-refractivity contribution < 1.29 is 4.79 Å². The third-order valence-corrected chi connectivity index (χ3v) is 4.22. The first kappa shape index (κ1) is 19.0. The van der Waals surface area contributed by atoms with Crippen LogP contribution in [0.25, 0.3) is 0 Å². The maximum atomic E-state index is 12.3. The fraction of sp³-hybridized carbons (Fsp3) is 0.429. The first-order valence-corrected chi connectivity index (χ1v) is 8.90. The maximum absolute atomic E-state index is 12.3. The quantitative estimate of drug-likeness (QED) is 0.806. The molecule has 0 radical (unpaired) electrons. The van der Waals surface area contributed by atoms with Gasteiger partial charge in [0.2, 0.25) is 0 Å². The second kappa shape index (κ2) is 8.15. The number of anilines is 2. The van der Waals surface area contributed by atoms with Gasteiger partial charge < -0.3 is 10.2 Å². The number of nitrogens with zero attached hydrogens (tertiary/aromatic N) is 2. The first-order chi connectivity index (χ1) is 11.8. The van der Waals surface area contributed by atoms with Crippen molar-refractivity contribution in [3.63, 3.8) is 0 Å². The number of unbranched alkanes of at least 4 members (excludes halogenated alkanes) is 1. The van der Waals surface area contributed by atoms with Crippen LogP contribution in [-0.2, 0) is 5.41 Å². The van der Waals surface area contributed by atoms with E-state index in [1.165, 1.54) is 5.56 Å². The molecule has 1 aromatic heterocycles. The Morgan fingerprint density at radius 3 is 2.24 bits per heavy atom. The Morgan fingerprint density at radius 1 is 1.08 bits per heavy atom. The molecule has 0 atom stereocenters. The second-order valence-corrected chi connectivity index (χ2v) is 7.46. The summed E-state index contributed by atoms with van der Waals surface area (Å²) in [6, 6.07) is 12.1. The lowest BCUT2D eigenvalue weighted by molar-refractivity contribution is 0.0787. The molecule has 0 saturated carbocycles. The number of carbonyl (C=O) groups is 1. The van der Waals surface area contributed by atoms with Crippen LogP contribution in [0, 0.1) is 0 Å². The van der Waals surface area contributed by atoms with Crippen LogP contribution in [0.2, 0.25) is 0 Å². The standard InChI is InChI=1S/C21H29N3O/c1-6-7-14-24(5)20(25)19-13-12-18(15-22-19)23-17-10-8-16(9-11-17)21(2,3)4/h8-13,15,23H,6-7,14H2,1-5H3. The summed E-state index contributed by atoms with van der Waals surface area (Å²) in [5.74, 6) is -0.0328. The molecule has 1 amide bonds. The fourth-order valence-electron chi connectivity index (χ4n) is 2.51. The predicted molar refractivity (Wildman–Crippen MR) is 105 cm³/mol. The molecule has 0 unspecified atom stereocenters. The summed E-state index contributed by atoms with van der Waals surface area (Å²) in [7, 11) is 1.82. The number of nitrogens with one attached hydrogen (secondary N) is 1. The highest BCUT2D eigenvalue weighted by Gasteiger charge is 2.14. The molecular weight excluding hydrogens is 310 g/mol. The monoisotopic (exact) mass is 339 g/mol. The van der Waals surface area contributed by atoms with E-state index in [9.17, 15) is 4.79 Å². The lowest BCUT2D eigenvalue weighted by Gasteiger charge is -2.19. The van der Waals surface area contributed by atoms with Gasteiger partial charge in [-0.3, -0.25) is 4.79 Å². The summed E-state index contributed by atoms with van der Waals surface area (Å²) < 4.78 is 0. The van der Waals surface area contributed by atoms with E-state index in [-0.39, 0.29) is 11.3 Å². The normalized spacial score (nSPS) is 11.2. The van der Waals surface area contributed by atoms with Crippen LogP contribution < -0.4 is 5.32 Å². The van der Waals surface area contributed by atoms with Crippen LogP contribution in [0.3, 0.4) is 0 Å². The first-order valence-electron chi connectivity index (χ1n) is 8.90. The van der Waals surface area contributed by atoms with Gasteiger partial charge in [-0.25, -0.2) is 4.98 Å². The lowest BCUT2D eigenvalue weighted by Crippen LogP contribution is -2.28. The average Bonchev–Trinajstić information content (AvgIpc) is 2.59. The highest BCUT2D eigenvalue weighted by Crippen LogP contribution is 2.24. The number of hydrogen-bond acceptors (Lipinski definition) is 3. The Hall–Kier alpha value is -2.36. The van der Waals surface area contributed by atoms with Gasteiger partial charge in [0, 0.05) is 19.3 Å². The maximum Gasteiger partial charge on any atom is 0.272 e. The highest BCUT2D eigenvalue weighted by atomic mass is 16.2. The zero-order valence-electron chi connectivity index (χ0n) is 16.0. The number of benzene rings is 1. The van der Waals surface area contributed by atoms with E-state index in [2.05, 4.69) is 62.3 Å².